The second kappa shape index (κ2) is 5.88. The van der Waals surface area contributed by atoms with Gasteiger partial charge in [0.25, 0.3) is 0 Å². The van der Waals surface area contributed by atoms with E-state index in [2.05, 4.69) is 23.8 Å². The molecule has 0 bridgehead atoms. The third-order valence-electron chi connectivity index (χ3n) is 1.50. The minimum atomic E-state index is 0.593. The second-order valence-corrected chi connectivity index (χ2v) is 4.80. The number of aromatic nitrogens is 2. The standard InChI is InChI=1S/C6H9NS.C4H5NS/c1-5(2)6-7-3-4-8-6;1-4-2-6-3-5-4/h3-5H,1-2H3;2-3H,1H3. The summed E-state index contributed by atoms with van der Waals surface area (Å²) in [7, 11) is 0. The van der Waals surface area contributed by atoms with Crippen molar-refractivity contribution in [2.24, 2.45) is 0 Å². The first-order valence-corrected chi connectivity index (χ1v) is 6.26. The molecule has 2 heterocycles. The Bertz CT molecular complexity index is 325. The summed E-state index contributed by atoms with van der Waals surface area (Å²) < 4.78 is 0. The Morgan fingerprint density at radius 2 is 2.07 bits per heavy atom. The van der Waals surface area contributed by atoms with E-state index in [0.717, 1.165) is 5.69 Å². The summed E-state index contributed by atoms with van der Waals surface area (Å²) in [5.41, 5.74) is 2.94. The normalized spacial score (nSPS) is 9.71. The molecule has 0 N–H and O–H groups in total. The average molecular weight is 226 g/mol. The van der Waals surface area contributed by atoms with Gasteiger partial charge in [-0.15, -0.1) is 22.7 Å². The summed E-state index contributed by atoms with van der Waals surface area (Å²) in [6.45, 7) is 6.29. The van der Waals surface area contributed by atoms with Gasteiger partial charge in [0.1, 0.15) is 0 Å². The first kappa shape index (κ1) is 11.3. The van der Waals surface area contributed by atoms with E-state index >= 15 is 0 Å². The van der Waals surface area contributed by atoms with E-state index in [1.54, 1.807) is 22.7 Å². The maximum Gasteiger partial charge on any atom is 0.0950 e. The SMILES string of the molecule is CC(C)c1nccs1.Cc1cscn1. The lowest BCUT2D eigenvalue weighted by atomic mass is 10.2. The van der Waals surface area contributed by atoms with Gasteiger partial charge in [0, 0.05) is 28.6 Å². The highest BCUT2D eigenvalue weighted by molar-refractivity contribution is 7.09. The third kappa shape index (κ3) is 3.98. The summed E-state index contributed by atoms with van der Waals surface area (Å²) in [5, 5.41) is 5.25. The van der Waals surface area contributed by atoms with Crippen molar-refractivity contribution in [1.29, 1.82) is 0 Å². The molecule has 0 aliphatic heterocycles. The molecule has 76 valence electrons. The molecule has 2 rings (SSSR count). The fourth-order valence-corrected chi connectivity index (χ4v) is 1.99. The van der Waals surface area contributed by atoms with Crippen LogP contribution in [0.15, 0.2) is 22.5 Å². The van der Waals surface area contributed by atoms with Gasteiger partial charge < -0.3 is 0 Å². The van der Waals surface area contributed by atoms with Crippen molar-refractivity contribution in [3.8, 4) is 0 Å². The van der Waals surface area contributed by atoms with Gasteiger partial charge in [-0.2, -0.15) is 0 Å². The number of nitrogens with zero attached hydrogens (tertiary/aromatic N) is 2. The minimum absolute atomic E-state index is 0.593. The van der Waals surface area contributed by atoms with Crippen LogP contribution in [-0.2, 0) is 0 Å². The number of aryl methyl sites for hydroxylation is 1. The smallest absolute Gasteiger partial charge is 0.0950 e. The first-order valence-electron chi connectivity index (χ1n) is 4.44. The number of hydrogen-bond acceptors (Lipinski definition) is 4. The maximum absolute atomic E-state index is 4.13. The first-order chi connectivity index (χ1) is 6.70. The second-order valence-electron chi connectivity index (χ2n) is 3.15. The molecule has 0 fully saturated rings. The van der Waals surface area contributed by atoms with E-state index in [1.807, 2.05) is 29.4 Å². The molecule has 0 atom stereocenters. The largest absolute Gasteiger partial charge is 0.250 e. The summed E-state index contributed by atoms with van der Waals surface area (Å²) in [6.07, 6.45) is 1.85. The lowest BCUT2D eigenvalue weighted by Crippen LogP contribution is -1.81. The van der Waals surface area contributed by atoms with Gasteiger partial charge in [-0.3, -0.25) is 4.98 Å². The predicted octanol–water partition coefficient (Wildman–Crippen LogP) is 3.72. The molecular formula is C10H14N2S2. The zero-order chi connectivity index (χ0) is 10.4. The predicted molar refractivity (Wildman–Crippen MR) is 63.1 cm³/mol. The fourth-order valence-electron chi connectivity index (χ4n) is 0.793. The quantitative estimate of drug-likeness (QED) is 0.740. The monoisotopic (exact) mass is 226 g/mol. The van der Waals surface area contributed by atoms with Crippen molar-refractivity contribution in [3.05, 3.63) is 33.2 Å². The summed E-state index contributed by atoms with van der Waals surface area (Å²) in [6, 6.07) is 0. The highest BCUT2D eigenvalue weighted by Gasteiger charge is 1.97. The molecule has 0 spiro atoms. The van der Waals surface area contributed by atoms with Crippen molar-refractivity contribution in [2.45, 2.75) is 26.7 Å². The van der Waals surface area contributed by atoms with Crippen LogP contribution in [0.4, 0.5) is 0 Å². The van der Waals surface area contributed by atoms with Crippen molar-refractivity contribution in [1.82, 2.24) is 9.97 Å². The van der Waals surface area contributed by atoms with Crippen LogP contribution in [0.25, 0.3) is 0 Å². The average Bonchev–Trinajstić information content (AvgIpc) is 2.75. The van der Waals surface area contributed by atoms with Crippen LogP contribution in [0.1, 0.15) is 30.5 Å². The Kier molecular flexibility index (Phi) is 4.76. The molecule has 0 aromatic carbocycles. The Morgan fingerprint density at radius 1 is 1.29 bits per heavy atom. The van der Waals surface area contributed by atoms with Gasteiger partial charge in [-0.25, -0.2) is 4.98 Å². The molecule has 14 heavy (non-hydrogen) atoms. The molecule has 2 aromatic rings. The Morgan fingerprint density at radius 3 is 2.29 bits per heavy atom. The molecule has 0 unspecified atom stereocenters. The molecule has 2 nitrogen and oxygen atoms in total. The van der Waals surface area contributed by atoms with Crippen LogP contribution in [0.2, 0.25) is 0 Å². The van der Waals surface area contributed by atoms with E-state index in [9.17, 15) is 0 Å². The van der Waals surface area contributed by atoms with E-state index in [1.165, 1.54) is 5.01 Å². The Hall–Kier alpha value is -0.740. The van der Waals surface area contributed by atoms with Crippen molar-refractivity contribution in [3.63, 3.8) is 0 Å². The number of rotatable bonds is 1. The lowest BCUT2D eigenvalue weighted by Gasteiger charge is -1.93. The molecule has 0 saturated carbocycles. The van der Waals surface area contributed by atoms with Crippen LogP contribution in [0.3, 0.4) is 0 Å². The minimum Gasteiger partial charge on any atom is -0.250 e. The van der Waals surface area contributed by atoms with Crippen molar-refractivity contribution in [2.75, 3.05) is 0 Å². The lowest BCUT2D eigenvalue weighted by molar-refractivity contribution is 0.852. The Balaban J connectivity index is 0.000000146. The van der Waals surface area contributed by atoms with E-state index < -0.39 is 0 Å². The molecule has 2 aromatic heterocycles. The molecule has 0 saturated heterocycles. The molecule has 0 amide bonds. The fraction of sp³-hybridized carbons (Fsp3) is 0.400. The number of hydrogen-bond donors (Lipinski definition) is 0. The topological polar surface area (TPSA) is 25.8 Å². The summed E-state index contributed by atoms with van der Waals surface area (Å²) in [4.78, 5) is 8.07. The van der Waals surface area contributed by atoms with Crippen molar-refractivity contribution >= 4 is 22.7 Å². The van der Waals surface area contributed by atoms with Gasteiger partial charge in [-0.1, -0.05) is 13.8 Å². The van der Waals surface area contributed by atoms with Crippen molar-refractivity contribution < 1.29 is 0 Å². The molecule has 0 aliphatic rings. The van der Waals surface area contributed by atoms with Crippen LogP contribution >= 0.6 is 22.7 Å². The van der Waals surface area contributed by atoms with Gasteiger partial charge in [0.15, 0.2) is 0 Å². The van der Waals surface area contributed by atoms with E-state index in [-0.39, 0.29) is 0 Å². The van der Waals surface area contributed by atoms with Gasteiger partial charge in [0.05, 0.1) is 10.5 Å². The van der Waals surface area contributed by atoms with Gasteiger partial charge in [-0.05, 0) is 6.92 Å². The van der Waals surface area contributed by atoms with Gasteiger partial charge in [0.2, 0.25) is 0 Å². The zero-order valence-corrected chi connectivity index (χ0v) is 10.2. The Labute approximate surface area is 92.7 Å². The van der Waals surface area contributed by atoms with E-state index in [4.69, 9.17) is 0 Å². The van der Waals surface area contributed by atoms with E-state index in [0.29, 0.717) is 5.92 Å². The maximum atomic E-state index is 4.13. The highest BCUT2D eigenvalue weighted by Crippen LogP contribution is 2.15. The zero-order valence-electron chi connectivity index (χ0n) is 8.60. The molecular weight excluding hydrogens is 212 g/mol. The molecule has 0 radical (unpaired) electrons. The summed E-state index contributed by atoms with van der Waals surface area (Å²) in [5.74, 6) is 0.593. The van der Waals surface area contributed by atoms with Crippen LogP contribution in [-0.4, -0.2) is 9.97 Å². The number of thiazole rings is 2. The third-order valence-corrected chi connectivity index (χ3v) is 3.28. The summed E-state index contributed by atoms with van der Waals surface area (Å²) >= 11 is 3.35. The molecule has 0 aliphatic carbocycles. The van der Waals surface area contributed by atoms with Crippen LogP contribution in [0.5, 0.6) is 0 Å². The highest BCUT2D eigenvalue weighted by atomic mass is 32.1. The van der Waals surface area contributed by atoms with Crippen LogP contribution < -0.4 is 0 Å². The van der Waals surface area contributed by atoms with Gasteiger partial charge >= 0.3 is 0 Å². The molecule has 4 heteroatoms. The van der Waals surface area contributed by atoms with Crippen LogP contribution in [0, 0.1) is 6.92 Å².